The molecule has 0 aliphatic carbocycles. The standard InChI is InChI=1S/C26H35N3O4S2/c1-6-28(7-2)14-15-29(26-27-23-18-19(3)17-20(4)25(23)34-26)24(30)9-8-16-35(31,32)22-12-10-21(33-5)11-13-22/h10-13,17-18H,6-9,14-16H2,1-5H3. The van der Waals surface area contributed by atoms with Crippen molar-refractivity contribution in [2.45, 2.75) is 45.4 Å². The molecular formula is C26H35N3O4S2. The molecule has 0 saturated carbocycles. The smallest absolute Gasteiger partial charge is 0.228 e. The van der Waals surface area contributed by atoms with Gasteiger partial charge >= 0.3 is 0 Å². The van der Waals surface area contributed by atoms with Gasteiger partial charge in [-0.25, -0.2) is 13.4 Å². The van der Waals surface area contributed by atoms with E-state index in [0.717, 1.165) is 41.0 Å². The van der Waals surface area contributed by atoms with Gasteiger partial charge in [0.05, 0.1) is 28.0 Å². The maximum atomic E-state index is 13.3. The second-order valence-corrected chi connectivity index (χ2v) is 11.7. The molecule has 190 valence electrons. The monoisotopic (exact) mass is 517 g/mol. The molecule has 0 bridgehead atoms. The summed E-state index contributed by atoms with van der Waals surface area (Å²) in [6.45, 7) is 11.3. The van der Waals surface area contributed by atoms with Crippen molar-refractivity contribution in [2.24, 2.45) is 0 Å². The van der Waals surface area contributed by atoms with Crippen molar-refractivity contribution >= 4 is 42.4 Å². The van der Waals surface area contributed by atoms with Crippen molar-refractivity contribution in [1.82, 2.24) is 9.88 Å². The van der Waals surface area contributed by atoms with Crippen molar-refractivity contribution < 1.29 is 17.9 Å². The van der Waals surface area contributed by atoms with Gasteiger partial charge in [-0.2, -0.15) is 0 Å². The number of hydrogen-bond donors (Lipinski definition) is 0. The van der Waals surface area contributed by atoms with Gasteiger partial charge in [0.2, 0.25) is 5.91 Å². The number of fused-ring (bicyclic) bond motifs is 1. The topological polar surface area (TPSA) is 79.8 Å². The molecule has 0 unspecified atom stereocenters. The Morgan fingerprint density at radius 2 is 1.74 bits per heavy atom. The first-order valence-electron chi connectivity index (χ1n) is 12.0. The lowest BCUT2D eigenvalue weighted by Gasteiger charge is -2.24. The minimum absolute atomic E-state index is 0.0902. The van der Waals surface area contributed by atoms with Crippen molar-refractivity contribution in [1.29, 1.82) is 0 Å². The van der Waals surface area contributed by atoms with Crippen molar-refractivity contribution in [3.8, 4) is 5.75 Å². The molecule has 0 aliphatic heterocycles. The minimum atomic E-state index is -3.48. The highest BCUT2D eigenvalue weighted by atomic mass is 32.2. The van der Waals surface area contributed by atoms with E-state index >= 15 is 0 Å². The van der Waals surface area contributed by atoms with Crippen LogP contribution in [-0.2, 0) is 14.6 Å². The van der Waals surface area contributed by atoms with Gasteiger partial charge in [-0.3, -0.25) is 9.69 Å². The summed E-state index contributed by atoms with van der Waals surface area (Å²) in [6.07, 6.45) is 0.388. The first kappa shape index (κ1) is 27.1. The largest absolute Gasteiger partial charge is 0.497 e. The summed E-state index contributed by atoms with van der Waals surface area (Å²) >= 11 is 1.52. The number of likely N-dealkylation sites (N-methyl/N-ethyl adjacent to an activating group) is 1. The summed E-state index contributed by atoms with van der Waals surface area (Å²) < 4.78 is 31.7. The molecule has 9 heteroatoms. The van der Waals surface area contributed by atoms with Crippen molar-refractivity contribution in [2.75, 3.05) is 43.9 Å². The molecule has 2 aromatic carbocycles. The number of carbonyl (C=O) groups is 1. The molecule has 1 heterocycles. The Bertz CT molecular complexity index is 1250. The fraction of sp³-hybridized carbons (Fsp3) is 0.462. The molecule has 0 atom stereocenters. The van der Waals surface area contributed by atoms with Crippen LogP contribution < -0.4 is 9.64 Å². The van der Waals surface area contributed by atoms with Crippen LogP contribution in [0.5, 0.6) is 5.75 Å². The van der Waals surface area contributed by atoms with Crippen LogP contribution in [0.2, 0.25) is 0 Å². The predicted molar refractivity (Wildman–Crippen MR) is 144 cm³/mol. The Balaban J connectivity index is 1.75. The third-order valence-electron chi connectivity index (χ3n) is 6.10. The molecule has 3 rings (SSSR count). The number of benzene rings is 2. The number of nitrogens with zero attached hydrogens (tertiary/aromatic N) is 3. The van der Waals surface area contributed by atoms with Crippen LogP contribution in [0.3, 0.4) is 0 Å². The van der Waals surface area contributed by atoms with Crippen LogP contribution in [0.4, 0.5) is 5.13 Å². The van der Waals surface area contributed by atoms with Crippen LogP contribution >= 0.6 is 11.3 Å². The molecule has 35 heavy (non-hydrogen) atoms. The highest BCUT2D eigenvalue weighted by molar-refractivity contribution is 7.91. The van der Waals surface area contributed by atoms with E-state index in [1.807, 2.05) is 13.0 Å². The van der Waals surface area contributed by atoms with E-state index < -0.39 is 9.84 Å². The van der Waals surface area contributed by atoms with E-state index in [1.54, 1.807) is 17.0 Å². The number of hydrogen-bond acceptors (Lipinski definition) is 7. The van der Waals surface area contributed by atoms with Gasteiger partial charge in [0.25, 0.3) is 0 Å². The fourth-order valence-electron chi connectivity index (χ4n) is 4.04. The third-order valence-corrected chi connectivity index (χ3v) is 9.14. The Kier molecular flexibility index (Phi) is 9.27. The number of carbonyl (C=O) groups excluding carboxylic acids is 1. The molecule has 0 aliphatic rings. The number of aromatic nitrogens is 1. The second-order valence-electron chi connectivity index (χ2n) is 8.60. The third kappa shape index (κ3) is 6.80. The van der Waals surface area contributed by atoms with E-state index in [1.165, 1.54) is 30.6 Å². The van der Waals surface area contributed by atoms with Gasteiger partial charge in [0.15, 0.2) is 15.0 Å². The van der Waals surface area contributed by atoms with Gasteiger partial charge in [-0.05, 0) is 74.8 Å². The van der Waals surface area contributed by atoms with E-state index in [9.17, 15) is 13.2 Å². The SMILES string of the molecule is CCN(CC)CCN(C(=O)CCCS(=O)(=O)c1ccc(OC)cc1)c1nc2cc(C)cc(C)c2s1. The van der Waals surface area contributed by atoms with Gasteiger partial charge in [0, 0.05) is 19.5 Å². The Hall–Kier alpha value is -2.49. The number of sulfone groups is 1. The van der Waals surface area contributed by atoms with Gasteiger partial charge in [0.1, 0.15) is 5.75 Å². The zero-order valence-electron chi connectivity index (χ0n) is 21.2. The first-order valence-corrected chi connectivity index (χ1v) is 14.4. The van der Waals surface area contributed by atoms with Gasteiger partial charge < -0.3 is 9.64 Å². The summed E-state index contributed by atoms with van der Waals surface area (Å²) in [7, 11) is -1.95. The number of rotatable bonds is 12. The van der Waals surface area contributed by atoms with Gasteiger partial charge in [-0.1, -0.05) is 31.3 Å². The maximum absolute atomic E-state index is 13.3. The van der Waals surface area contributed by atoms with Crippen molar-refractivity contribution in [3.63, 3.8) is 0 Å². The quantitative estimate of drug-likeness (QED) is 0.342. The molecule has 3 aromatic rings. The zero-order chi connectivity index (χ0) is 25.6. The number of thiazole rings is 1. The molecule has 0 fully saturated rings. The lowest BCUT2D eigenvalue weighted by Crippen LogP contribution is -2.38. The van der Waals surface area contributed by atoms with Crippen LogP contribution in [0, 0.1) is 13.8 Å². The van der Waals surface area contributed by atoms with E-state index in [-0.39, 0.29) is 29.4 Å². The zero-order valence-corrected chi connectivity index (χ0v) is 22.8. The number of methoxy groups -OCH3 is 1. The van der Waals surface area contributed by atoms with E-state index in [2.05, 4.69) is 31.7 Å². The van der Waals surface area contributed by atoms with Crippen LogP contribution in [0.25, 0.3) is 10.2 Å². The molecular weight excluding hydrogens is 482 g/mol. The molecule has 0 N–H and O–H groups in total. The summed E-state index contributed by atoms with van der Waals surface area (Å²) in [5.74, 6) is 0.410. The van der Waals surface area contributed by atoms with Crippen LogP contribution in [0.15, 0.2) is 41.3 Å². The average Bonchev–Trinajstić information content (AvgIpc) is 3.25. The minimum Gasteiger partial charge on any atom is -0.497 e. The molecule has 0 saturated heterocycles. The van der Waals surface area contributed by atoms with Crippen molar-refractivity contribution in [3.05, 3.63) is 47.5 Å². The molecule has 0 spiro atoms. The number of aryl methyl sites for hydroxylation is 2. The summed E-state index contributed by atoms with van der Waals surface area (Å²) in [6, 6.07) is 10.5. The predicted octanol–water partition coefficient (Wildman–Crippen LogP) is 4.85. The Morgan fingerprint density at radius 3 is 2.37 bits per heavy atom. The normalized spacial score (nSPS) is 11.8. The second kappa shape index (κ2) is 12.0. The summed E-state index contributed by atoms with van der Waals surface area (Å²) in [5.41, 5.74) is 3.17. The van der Waals surface area contributed by atoms with E-state index in [0.29, 0.717) is 17.4 Å². The number of amides is 1. The van der Waals surface area contributed by atoms with E-state index in [4.69, 9.17) is 9.72 Å². The molecule has 0 radical (unpaired) electrons. The van der Waals surface area contributed by atoms with Crippen LogP contribution in [-0.4, -0.2) is 63.3 Å². The number of ether oxygens (including phenoxy) is 1. The number of anilines is 1. The van der Waals surface area contributed by atoms with Crippen LogP contribution in [0.1, 0.15) is 37.8 Å². The molecule has 7 nitrogen and oxygen atoms in total. The average molecular weight is 518 g/mol. The molecule has 1 amide bonds. The van der Waals surface area contributed by atoms with Gasteiger partial charge in [-0.15, -0.1) is 0 Å². The molecule has 1 aromatic heterocycles. The summed E-state index contributed by atoms with van der Waals surface area (Å²) in [5, 5.41) is 0.670. The fourth-order valence-corrected chi connectivity index (χ4v) is 6.41. The Morgan fingerprint density at radius 1 is 1.06 bits per heavy atom. The Labute approximate surface area is 212 Å². The lowest BCUT2D eigenvalue weighted by atomic mass is 10.1. The highest BCUT2D eigenvalue weighted by Gasteiger charge is 2.22. The summed E-state index contributed by atoms with van der Waals surface area (Å²) in [4.78, 5) is 22.3. The highest BCUT2D eigenvalue weighted by Crippen LogP contribution is 2.32. The lowest BCUT2D eigenvalue weighted by molar-refractivity contribution is -0.118. The first-order chi connectivity index (χ1) is 16.7. The maximum Gasteiger partial charge on any atom is 0.228 e.